The topological polar surface area (TPSA) is 22.8 Å². The molecule has 0 unspecified atom stereocenters. The number of nitrogens with zero attached hydrogens (tertiary/aromatic N) is 3. The lowest BCUT2D eigenvalue weighted by Gasteiger charge is -2.14. The van der Waals surface area contributed by atoms with Gasteiger partial charge in [0.1, 0.15) is 0 Å². The second kappa shape index (κ2) is 12.2. The molecule has 0 radical (unpaired) electrons. The molecule has 0 aliphatic carbocycles. The number of para-hydroxylation sites is 2. The highest BCUT2D eigenvalue weighted by molar-refractivity contribution is 6.19. The van der Waals surface area contributed by atoms with Crippen molar-refractivity contribution in [2.24, 2.45) is 0 Å². The lowest BCUT2D eigenvalue weighted by molar-refractivity contribution is 1.17. The van der Waals surface area contributed by atoms with E-state index in [0.29, 0.717) is 0 Å². The summed E-state index contributed by atoms with van der Waals surface area (Å²) in [5, 5.41) is 7.45. The van der Waals surface area contributed by atoms with Crippen LogP contribution in [0.5, 0.6) is 0 Å². The molecule has 0 bridgehead atoms. The van der Waals surface area contributed by atoms with Crippen molar-refractivity contribution in [3.63, 3.8) is 0 Å². The minimum Gasteiger partial charge on any atom is -0.309 e. The highest BCUT2D eigenvalue weighted by Gasteiger charge is 2.19. The van der Waals surface area contributed by atoms with Gasteiger partial charge in [-0.25, -0.2) is 4.98 Å². The van der Waals surface area contributed by atoms with Crippen molar-refractivity contribution >= 4 is 54.4 Å². The van der Waals surface area contributed by atoms with Gasteiger partial charge >= 0.3 is 0 Å². The van der Waals surface area contributed by atoms with Gasteiger partial charge in [-0.15, -0.1) is 0 Å². The van der Waals surface area contributed by atoms with E-state index < -0.39 is 0 Å². The molecule has 3 nitrogen and oxygen atoms in total. The van der Waals surface area contributed by atoms with Crippen molar-refractivity contribution in [1.29, 1.82) is 0 Å². The van der Waals surface area contributed by atoms with Gasteiger partial charge in [0, 0.05) is 43.7 Å². The predicted molar refractivity (Wildman–Crippen MR) is 227 cm³/mol. The Bertz CT molecular complexity index is 3140. The Labute approximate surface area is 312 Å². The van der Waals surface area contributed by atoms with Gasteiger partial charge in [-0.3, -0.25) is 0 Å². The highest BCUT2D eigenvalue weighted by Crippen LogP contribution is 2.41. The zero-order chi connectivity index (χ0) is 35.6. The Kier molecular flexibility index (Phi) is 6.86. The lowest BCUT2D eigenvalue weighted by Crippen LogP contribution is -1.97. The summed E-state index contributed by atoms with van der Waals surface area (Å²) in [6.45, 7) is 0. The molecule has 0 amide bonds. The highest BCUT2D eigenvalue weighted by atomic mass is 15.0. The van der Waals surface area contributed by atoms with E-state index in [2.05, 4.69) is 209 Å². The van der Waals surface area contributed by atoms with E-state index in [1.165, 1.54) is 60.1 Å². The van der Waals surface area contributed by atoms with Crippen LogP contribution in [0.15, 0.2) is 200 Å². The average molecular weight is 688 g/mol. The van der Waals surface area contributed by atoms with Crippen molar-refractivity contribution in [1.82, 2.24) is 14.1 Å². The number of pyridine rings is 1. The van der Waals surface area contributed by atoms with E-state index >= 15 is 0 Å². The Morgan fingerprint density at radius 2 is 0.815 bits per heavy atom. The number of rotatable bonds is 5. The van der Waals surface area contributed by atoms with Gasteiger partial charge in [-0.05, 0) is 71.1 Å². The smallest absolute Gasteiger partial charge is 0.0715 e. The summed E-state index contributed by atoms with van der Waals surface area (Å²) < 4.78 is 4.90. The fourth-order valence-corrected chi connectivity index (χ4v) is 8.41. The van der Waals surface area contributed by atoms with Crippen LogP contribution in [0, 0.1) is 0 Å². The summed E-state index contributed by atoms with van der Waals surface area (Å²) in [7, 11) is 0. The number of fused-ring (bicyclic) bond motifs is 7. The first-order valence-electron chi connectivity index (χ1n) is 18.5. The normalized spacial score (nSPS) is 11.7. The molecule has 0 atom stereocenters. The molecule has 8 aromatic carbocycles. The van der Waals surface area contributed by atoms with Crippen LogP contribution in [0.1, 0.15) is 0 Å². The number of aromatic nitrogens is 3. The van der Waals surface area contributed by atoms with Crippen LogP contribution in [0.2, 0.25) is 0 Å². The van der Waals surface area contributed by atoms with Crippen LogP contribution >= 0.6 is 0 Å². The quantitative estimate of drug-likeness (QED) is 0.177. The maximum Gasteiger partial charge on any atom is 0.0715 e. The Morgan fingerprint density at radius 1 is 0.296 bits per heavy atom. The van der Waals surface area contributed by atoms with Gasteiger partial charge in [-0.1, -0.05) is 146 Å². The third-order valence-electron chi connectivity index (χ3n) is 10.9. The first-order chi connectivity index (χ1) is 26.8. The predicted octanol–water partition coefficient (Wildman–Crippen LogP) is 13.4. The molecule has 0 spiro atoms. The fourth-order valence-electron chi connectivity index (χ4n) is 8.41. The molecule has 3 heteroatoms. The first kappa shape index (κ1) is 30.4. The van der Waals surface area contributed by atoms with Crippen LogP contribution in [0.3, 0.4) is 0 Å². The molecule has 0 aliphatic rings. The third-order valence-corrected chi connectivity index (χ3v) is 10.9. The minimum absolute atomic E-state index is 0.956. The van der Waals surface area contributed by atoms with E-state index in [1.807, 2.05) is 0 Å². The molecule has 0 saturated heterocycles. The molecule has 0 saturated carbocycles. The Morgan fingerprint density at radius 3 is 1.50 bits per heavy atom. The maximum absolute atomic E-state index is 5.15. The van der Waals surface area contributed by atoms with Crippen LogP contribution in [-0.2, 0) is 0 Å². The number of hydrogen-bond acceptors (Lipinski definition) is 1. The lowest BCUT2D eigenvalue weighted by atomic mass is 9.99. The van der Waals surface area contributed by atoms with Crippen LogP contribution in [-0.4, -0.2) is 14.1 Å². The van der Waals surface area contributed by atoms with E-state index in [4.69, 9.17) is 4.98 Å². The average Bonchev–Trinajstić information content (AvgIpc) is 3.75. The molecular weight excluding hydrogens is 655 g/mol. The second-order valence-corrected chi connectivity index (χ2v) is 14.0. The van der Waals surface area contributed by atoms with Crippen LogP contribution in [0.4, 0.5) is 0 Å². The van der Waals surface area contributed by atoms with Crippen molar-refractivity contribution < 1.29 is 0 Å². The molecular formula is C51H33N3. The largest absolute Gasteiger partial charge is 0.309 e. The van der Waals surface area contributed by atoms with Gasteiger partial charge in [0.05, 0.1) is 39.1 Å². The summed E-state index contributed by atoms with van der Waals surface area (Å²) in [5.41, 5.74) is 13.4. The van der Waals surface area contributed by atoms with Crippen LogP contribution in [0.25, 0.3) is 99.4 Å². The van der Waals surface area contributed by atoms with E-state index in [-0.39, 0.29) is 0 Å². The van der Waals surface area contributed by atoms with Crippen molar-refractivity contribution in [2.45, 2.75) is 0 Å². The summed E-state index contributed by atoms with van der Waals surface area (Å²) >= 11 is 0. The maximum atomic E-state index is 5.15. The van der Waals surface area contributed by atoms with E-state index in [1.54, 1.807) is 0 Å². The number of benzene rings is 8. The fraction of sp³-hybridized carbons (Fsp3) is 0. The van der Waals surface area contributed by atoms with Crippen molar-refractivity contribution in [3.05, 3.63) is 200 Å². The second-order valence-electron chi connectivity index (χ2n) is 14.0. The summed E-state index contributed by atoms with van der Waals surface area (Å²) in [6, 6.07) is 72.1. The molecule has 3 heterocycles. The van der Waals surface area contributed by atoms with Gasteiger partial charge in [-0.2, -0.15) is 0 Å². The SMILES string of the molecule is c1ccc(-c2cc(-c3cccc(-n4c5ccccc5c5cc6c7ccccc7n(-c7cccc8ccccc78)c6cc54)c3)cc(-c3ccccc3)n2)cc1. The summed E-state index contributed by atoms with van der Waals surface area (Å²) in [5.74, 6) is 0. The van der Waals surface area contributed by atoms with Crippen LogP contribution < -0.4 is 0 Å². The molecule has 3 aromatic heterocycles. The minimum atomic E-state index is 0.956. The standard InChI is InChI=1S/C51H33N3/c1-3-16-35(17-4-1)45-30-38(31-46(52-45)36-18-5-2-6-19-36)37-21-13-22-39(29-37)53-48-26-11-9-24-41(48)43-32-44-42-25-10-12-27-49(42)54(51(44)33-50(43)53)47-28-14-20-34-15-7-8-23-40(34)47/h1-33H. The van der Waals surface area contributed by atoms with E-state index in [9.17, 15) is 0 Å². The Balaban J connectivity index is 1.17. The first-order valence-corrected chi connectivity index (χ1v) is 18.5. The molecule has 0 aliphatic heterocycles. The van der Waals surface area contributed by atoms with Gasteiger partial charge in [0.15, 0.2) is 0 Å². The van der Waals surface area contributed by atoms with Crippen molar-refractivity contribution in [3.8, 4) is 45.0 Å². The molecule has 11 rings (SSSR count). The third kappa shape index (κ3) is 4.79. The van der Waals surface area contributed by atoms with Crippen molar-refractivity contribution in [2.75, 3.05) is 0 Å². The molecule has 0 fully saturated rings. The Hall–Kier alpha value is -7.23. The van der Waals surface area contributed by atoms with E-state index in [0.717, 1.165) is 39.3 Å². The van der Waals surface area contributed by atoms with Gasteiger partial charge in [0.2, 0.25) is 0 Å². The van der Waals surface area contributed by atoms with Gasteiger partial charge < -0.3 is 9.13 Å². The molecule has 0 N–H and O–H groups in total. The molecule has 11 aromatic rings. The monoisotopic (exact) mass is 687 g/mol. The molecule has 54 heavy (non-hydrogen) atoms. The zero-order valence-corrected chi connectivity index (χ0v) is 29.4. The summed E-state index contributed by atoms with van der Waals surface area (Å²) in [6.07, 6.45) is 0. The molecule has 252 valence electrons. The van der Waals surface area contributed by atoms with Gasteiger partial charge in [0.25, 0.3) is 0 Å². The zero-order valence-electron chi connectivity index (χ0n) is 29.4. The summed E-state index contributed by atoms with van der Waals surface area (Å²) in [4.78, 5) is 5.15. The number of hydrogen-bond donors (Lipinski definition) is 0.